The summed E-state index contributed by atoms with van der Waals surface area (Å²) in [6.45, 7) is 1.72. The maximum atomic E-state index is 10.5. The molecule has 0 saturated carbocycles. The summed E-state index contributed by atoms with van der Waals surface area (Å²) in [5.41, 5.74) is 6.71. The molecular formula is C7H14N3O2. The van der Waals surface area contributed by atoms with Crippen LogP contribution in [0.3, 0.4) is 0 Å². The molecule has 0 rings (SSSR count). The van der Waals surface area contributed by atoms with Crippen molar-refractivity contribution in [2.75, 3.05) is 0 Å². The molecule has 1 atom stereocenters. The average Bonchev–Trinajstić information content (AvgIpc) is 2.03. The van der Waals surface area contributed by atoms with Gasteiger partial charge >= 0.3 is 0 Å². The molecule has 0 aromatic carbocycles. The van der Waals surface area contributed by atoms with Crippen LogP contribution < -0.4 is 11.2 Å². The van der Waals surface area contributed by atoms with E-state index in [9.17, 15) is 4.79 Å². The molecule has 0 unspecified atom stereocenters. The summed E-state index contributed by atoms with van der Waals surface area (Å²) >= 11 is 0. The highest BCUT2D eigenvalue weighted by atomic mass is 16.5. The van der Waals surface area contributed by atoms with Crippen LogP contribution in [0.4, 0.5) is 0 Å². The molecule has 12 heavy (non-hydrogen) atoms. The fourth-order valence-electron chi connectivity index (χ4n) is 0.639. The molecule has 0 aliphatic carbocycles. The van der Waals surface area contributed by atoms with Crippen molar-refractivity contribution in [3.63, 3.8) is 0 Å². The predicted octanol–water partition coefficient (Wildman–Crippen LogP) is 0.0484. The summed E-state index contributed by atoms with van der Waals surface area (Å²) in [6, 6.07) is 0. The minimum atomic E-state index is -0.352. The number of hydrogen-bond acceptors (Lipinski definition) is 3. The fraction of sp³-hybridized carbons (Fsp3) is 0.571. The Hall–Kier alpha value is -1.10. The minimum Gasteiger partial charge on any atom is -0.369 e. The number of hydroxylamine groups is 1. The van der Waals surface area contributed by atoms with Crippen LogP contribution in [0.1, 0.15) is 19.8 Å². The van der Waals surface area contributed by atoms with Gasteiger partial charge in [-0.15, -0.1) is 0 Å². The molecule has 5 N–H and O–H groups in total. The summed E-state index contributed by atoms with van der Waals surface area (Å²) in [4.78, 5) is 10.5. The molecule has 5 nitrogen and oxygen atoms in total. The van der Waals surface area contributed by atoms with E-state index in [0.717, 1.165) is 0 Å². The number of carbonyl (C=O) groups is 1. The van der Waals surface area contributed by atoms with E-state index in [0.29, 0.717) is 12.8 Å². The fourth-order valence-corrected chi connectivity index (χ4v) is 0.639. The van der Waals surface area contributed by atoms with E-state index in [1.165, 1.54) is 0 Å². The van der Waals surface area contributed by atoms with E-state index < -0.39 is 0 Å². The quantitative estimate of drug-likeness (QED) is 0.268. The van der Waals surface area contributed by atoms with Gasteiger partial charge < -0.3 is 5.73 Å². The molecule has 0 aromatic heterocycles. The van der Waals surface area contributed by atoms with Crippen molar-refractivity contribution < 1.29 is 10.0 Å². The average molecular weight is 172 g/mol. The zero-order chi connectivity index (χ0) is 9.56. The van der Waals surface area contributed by atoms with Crippen LogP contribution in [0.15, 0.2) is 0 Å². The number of carbonyl (C=O) groups excluding carboxylic acids is 1. The Labute approximate surface area is 71.4 Å². The van der Waals surface area contributed by atoms with Gasteiger partial charge in [0.2, 0.25) is 5.91 Å². The van der Waals surface area contributed by atoms with Crippen LogP contribution in [-0.4, -0.2) is 17.0 Å². The Balaban J connectivity index is 3.43. The van der Waals surface area contributed by atoms with Crippen molar-refractivity contribution in [3.05, 3.63) is 6.42 Å². The van der Waals surface area contributed by atoms with Gasteiger partial charge in [0.15, 0.2) is 0 Å². The lowest BCUT2D eigenvalue weighted by Crippen LogP contribution is -2.22. The zero-order valence-corrected chi connectivity index (χ0v) is 7.00. The monoisotopic (exact) mass is 172 g/mol. The second-order valence-electron chi connectivity index (χ2n) is 2.62. The van der Waals surface area contributed by atoms with E-state index in [4.69, 9.17) is 16.4 Å². The van der Waals surface area contributed by atoms with Crippen LogP contribution in [0.25, 0.3) is 0 Å². The van der Waals surface area contributed by atoms with Gasteiger partial charge in [-0.05, 0) is 12.8 Å². The second kappa shape index (κ2) is 5.54. The molecule has 0 spiro atoms. The Morgan fingerprint density at radius 1 is 1.83 bits per heavy atom. The van der Waals surface area contributed by atoms with E-state index >= 15 is 0 Å². The Bertz CT molecular complexity index is 170. The van der Waals surface area contributed by atoms with Gasteiger partial charge in [-0.25, -0.2) is 0 Å². The van der Waals surface area contributed by atoms with Gasteiger partial charge in [-0.1, -0.05) is 6.92 Å². The molecule has 5 heteroatoms. The first kappa shape index (κ1) is 10.9. The summed E-state index contributed by atoms with van der Waals surface area (Å²) in [6.07, 6.45) is 2.56. The van der Waals surface area contributed by atoms with Crippen LogP contribution in [0.2, 0.25) is 0 Å². The normalized spacial score (nSPS) is 12.2. The van der Waals surface area contributed by atoms with Gasteiger partial charge in [-0.2, -0.15) is 0 Å². The first-order chi connectivity index (χ1) is 5.57. The highest BCUT2D eigenvalue weighted by Crippen LogP contribution is 2.05. The van der Waals surface area contributed by atoms with Crippen LogP contribution >= 0.6 is 0 Å². The topological polar surface area (TPSA) is 99.2 Å². The number of hydrogen-bond donors (Lipinski definition) is 4. The first-order valence-electron chi connectivity index (χ1n) is 3.66. The first-order valence-corrected chi connectivity index (χ1v) is 3.66. The van der Waals surface area contributed by atoms with Crippen LogP contribution in [-0.2, 0) is 4.79 Å². The molecule has 0 aliphatic heterocycles. The third-order valence-electron chi connectivity index (χ3n) is 1.49. The lowest BCUT2D eigenvalue weighted by atomic mass is 10.0. The van der Waals surface area contributed by atoms with Crippen molar-refractivity contribution in [3.8, 4) is 0 Å². The smallest absolute Gasteiger partial charge is 0.220 e. The molecule has 69 valence electrons. The third-order valence-corrected chi connectivity index (χ3v) is 1.49. The maximum absolute atomic E-state index is 10.5. The van der Waals surface area contributed by atoms with E-state index in [1.807, 2.05) is 0 Å². The van der Waals surface area contributed by atoms with E-state index in [1.54, 1.807) is 18.8 Å². The summed E-state index contributed by atoms with van der Waals surface area (Å²) in [7, 11) is 0. The maximum Gasteiger partial charge on any atom is 0.220 e. The van der Waals surface area contributed by atoms with Crippen molar-refractivity contribution in [1.29, 1.82) is 5.41 Å². The summed E-state index contributed by atoms with van der Waals surface area (Å²) in [5.74, 6) is -0.557. The largest absolute Gasteiger partial charge is 0.369 e. The van der Waals surface area contributed by atoms with Crippen LogP contribution in [0.5, 0.6) is 0 Å². The van der Waals surface area contributed by atoms with Crippen molar-refractivity contribution in [1.82, 2.24) is 5.48 Å². The standard InChI is InChI=1S/C7H14N3O2/c1-5(7(9)11)3-2-4-6(8)10-12/h2,5,12H,3-4H2,1H3,(H2,8,10)(H2,9,11)/t5-/m0/s1. The molecule has 0 aromatic rings. The zero-order valence-electron chi connectivity index (χ0n) is 7.00. The minimum absolute atomic E-state index is 0.00618. The van der Waals surface area contributed by atoms with Gasteiger partial charge in [0.1, 0.15) is 5.84 Å². The van der Waals surface area contributed by atoms with Crippen molar-refractivity contribution in [2.24, 2.45) is 11.7 Å². The second-order valence-corrected chi connectivity index (χ2v) is 2.62. The number of amides is 1. The number of amidine groups is 1. The number of primary amides is 1. The number of rotatable bonds is 5. The van der Waals surface area contributed by atoms with E-state index in [-0.39, 0.29) is 17.7 Å². The highest BCUT2D eigenvalue weighted by Gasteiger charge is 2.08. The van der Waals surface area contributed by atoms with Crippen molar-refractivity contribution in [2.45, 2.75) is 19.8 Å². The molecular weight excluding hydrogens is 158 g/mol. The Kier molecular flexibility index (Phi) is 5.03. The van der Waals surface area contributed by atoms with Gasteiger partial charge in [0.05, 0.1) is 0 Å². The molecule has 0 bridgehead atoms. The Morgan fingerprint density at radius 3 is 2.83 bits per heavy atom. The molecule has 0 saturated heterocycles. The Morgan fingerprint density at radius 2 is 2.42 bits per heavy atom. The van der Waals surface area contributed by atoms with Crippen molar-refractivity contribution >= 4 is 11.7 Å². The van der Waals surface area contributed by atoms with Gasteiger partial charge in [0.25, 0.3) is 0 Å². The van der Waals surface area contributed by atoms with E-state index in [2.05, 4.69) is 0 Å². The summed E-state index contributed by atoms with van der Waals surface area (Å²) in [5, 5.41) is 15.2. The lowest BCUT2D eigenvalue weighted by Gasteiger charge is -2.05. The molecule has 1 amide bonds. The highest BCUT2D eigenvalue weighted by molar-refractivity contribution is 5.79. The lowest BCUT2D eigenvalue weighted by molar-refractivity contribution is -0.121. The summed E-state index contributed by atoms with van der Waals surface area (Å²) < 4.78 is 0. The molecule has 0 aliphatic rings. The van der Waals surface area contributed by atoms with Crippen LogP contribution in [0, 0.1) is 17.7 Å². The predicted molar refractivity (Wildman–Crippen MR) is 44.5 cm³/mol. The molecule has 0 heterocycles. The number of nitrogens with one attached hydrogen (secondary N) is 2. The van der Waals surface area contributed by atoms with Gasteiger partial charge in [0, 0.05) is 12.3 Å². The van der Waals surface area contributed by atoms with Gasteiger partial charge in [-0.3, -0.25) is 20.9 Å². The number of nitrogens with two attached hydrogens (primary N) is 1. The molecule has 1 radical (unpaired) electrons. The third kappa shape index (κ3) is 4.68. The SMILES string of the molecule is C[C@@H](C[CH]CC(=N)NO)C(N)=O. The molecule has 0 fully saturated rings.